The Morgan fingerprint density at radius 1 is 1.23 bits per heavy atom. The van der Waals surface area contributed by atoms with E-state index in [2.05, 4.69) is 16.7 Å². The lowest BCUT2D eigenvalue weighted by molar-refractivity contribution is 0.174. The van der Waals surface area contributed by atoms with Crippen LogP contribution in [0.3, 0.4) is 0 Å². The van der Waals surface area contributed by atoms with Crippen LogP contribution >= 0.6 is 0 Å². The summed E-state index contributed by atoms with van der Waals surface area (Å²) in [5.41, 5.74) is 0. The van der Waals surface area contributed by atoms with Crippen LogP contribution in [-0.4, -0.2) is 46.3 Å². The van der Waals surface area contributed by atoms with Gasteiger partial charge in [-0.2, -0.15) is 0 Å². The van der Waals surface area contributed by atoms with Crippen molar-refractivity contribution in [3.05, 3.63) is 18.2 Å². The van der Waals surface area contributed by atoms with Gasteiger partial charge in [-0.15, -0.1) is 0 Å². The van der Waals surface area contributed by atoms with E-state index in [9.17, 15) is 8.42 Å². The predicted octanol–water partition coefficient (Wildman–Crippen LogP) is 1.57. The van der Waals surface area contributed by atoms with Crippen molar-refractivity contribution in [1.82, 2.24) is 9.62 Å². The lowest BCUT2D eigenvalue weighted by Gasteiger charge is -2.23. The Morgan fingerprint density at radius 2 is 1.95 bits per heavy atom. The molecule has 0 bridgehead atoms. The minimum atomic E-state index is -3.51. The standard InChI is InChI=1S/C15H22N2O4S/c1-17(12-4-2-3-5-12)9-8-16-22(18,19)13-6-7-14-15(10-13)21-11-20-14/h6-7,10,12,16H,2-5,8-9,11H2,1H3. The number of nitrogens with zero attached hydrogens (tertiary/aromatic N) is 1. The van der Waals surface area contributed by atoms with Gasteiger partial charge in [0.15, 0.2) is 11.5 Å². The summed E-state index contributed by atoms with van der Waals surface area (Å²) in [7, 11) is -1.45. The van der Waals surface area contributed by atoms with E-state index >= 15 is 0 Å². The van der Waals surface area contributed by atoms with Crippen molar-refractivity contribution < 1.29 is 17.9 Å². The molecule has 1 fully saturated rings. The van der Waals surface area contributed by atoms with E-state index in [1.165, 1.54) is 37.8 Å². The smallest absolute Gasteiger partial charge is 0.240 e. The molecule has 1 aliphatic carbocycles. The number of rotatable bonds is 6. The van der Waals surface area contributed by atoms with Crippen molar-refractivity contribution in [2.45, 2.75) is 36.6 Å². The molecule has 1 heterocycles. The zero-order valence-corrected chi connectivity index (χ0v) is 13.6. The van der Waals surface area contributed by atoms with Crippen LogP contribution in [-0.2, 0) is 10.0 Å². The minimum absolute atomic E-state index is 0.137. The Morgan fingerprint density at radius 3 is 2.73 bits per heavy atom. The second kappa shape index (κ2) is 6.44. The first kappa shape index (κ1) is 15.6. The topological polar surface area (TPSA) is 67.9 Å². The summed E-state index contributed by atoms with van der Waals surface area (Å²) in [6.45, 7) is 1.26. The van der Waals surface area contributed by atoms with Crippen LogP contribution in [0.4, 0.5) is 0 Å². The van der Waals surface area contributed by atoms with E-state index in [-0.39, 0.29) is 11.7 Å². The monoisotopic (exact) mass is 326 g/mol. The molecule has 1 aliphatic heterocycles. The average Bonchev–Trinajstić information content (AvgIpc) is 3.17. The Labute approximate surface area is 131 Å². The number of sulfonamides is 1. The summed E-state index contributed by atoms with van der Waals surface area (Å²) < 4.78 is 37.7. The van der Waals surface area contributed by atoms with Crippen molar-refractivity contribution >= 4 is 10.0 Å². The van der Waals surface area contributed by atoms with Gasteiger partial charge in [0, 0.05) is 25.2 Å². The van der Waals surface area contributed by atoms with Gasteiger partial charge in [-0.05, 0) is 32.0 Å². The molecule has 0 atom stereocenters. The predicted molar refractivity (Wildman–Crippen MR) is 82.6 cm³/mol. The van der Waals surface area contributed by atoms with Crippen LogP contribution < -0.4 is 14.2 Å². The molecule has 122 valence electrons. The van der Waals surface area contributed by atoms with Crippen LogP contribution in [0, 0.1) is 0 Å². The molecule has 1 aromatic carbocycles. The maximum Gasteiger partial charge on any atom is 0.240 e. The third-order valence-corrected chi connectivity index (χ3v) is 5.82. The molecule has 7 heteroatoms. The van der Waals surface area contributed by atoms with Gasteiger partial charge in [0.25, 0.3) is 0 Å². The molecule has 0 spiro atoms. The van der Waals surface area contributed by atoms with Crippen molar-refractivity contribution in [2.24, 2.45) is 0 Å². The van der Waals surface area contributed by atoms with Crippen LogP contribution in [0.2, 0.25) is 0 Å². The fourth-order valence-corrected chi connectivity index (χ4v) is 4.05. The summed E-state index contributed by atoms with van der Waals surface area (Å²) in [4.78, 5) is 2.45. The van der Waals surface area contributed by atoms with Crippen molar-refractivity contribution in [3.8, 4) is 11.5 Å². The maximum absolute atomic E-state index is 12.3. The van der Waals surface area contributed by atoms with Crippen LogP contribution in [0.5, 0.6) is 11.5 Å². The van der Waals surface area contributed by atoms with Gasteiger partial charge in [0.05, 0.1) is 4.90 Å². The molecule has 3 rings (SSSR count). The summed E-state index contributed by atoms with van der Waals surface area (Å²) in [6.07, 6.45) is 4.98. The van der Waals surface area contributed by atoms with Crippen molar-refractivity contribution in [1.29, 1.82) is 0 Å². The van der Waals surface area contributed by atoms with E-state index < -0.39 is 10.0 Å². The van der Waals surface area contributed by atoms with Crippen molar-refractivity contribution in [3.63, 3.8) is 0 Å². The Bertz CT molecular complexity index is 626. The molecule has 1 saturated carbocycles. The fraction of sp³-hybridized carbons (Fsp3) is 0.600. The fourth-order valence-electron chi connectivity index (χ4n) is 3.01. The van der Waals surface area contributed by atoms with E-state index in [1.807, 2.05) is 0 Å². The molecular weight excluding hydrogens is 304 g/mol. The highest BCUT2D eigenvalue weighted by Crippen LogP contribution is 2.33. The quantitative estimate of drug-likeness (QED) is 0.859. The van der Waals surface area contributed by atoms with Gasteiger partial charge in [-0.3, -0.25) is 0 Å². The summed E-state index contributed by atoms with van der Waals surface area (Å²) in [5.74, 6) is 1.06. The number of fused-ring (bicyclic) bond motifs is 1. The van der Waals surface area contributed by atoms with E-state index in [0.717, 1.165) is 0 Å². The average molecular weight is 326 g/mol. The van der Waals surface area contributed by atoms with Crippen LogP contribution in [0.25, 0.3) is 0 Å². The Kier molecular flexibility index (Phi) is 4.56. The lowest BCUT2D eigenvalue weighted by atomic mass is 10.2. The molecule has 0 aromatic heterocycles. The number of likely N-dealkylation sites (N-methyl/N-ethyl adjacent to an activating group) is 1. The molecule has 0 radical (unpaired) electrons. The summed E-state index contributed by atoms with van der Waals surface area (Å²) in [5, 5.41) is 0. The lowest BCUT2D eigenvalue weighted by Crippen LogP contribution is -2.37. The molecule has 0 saturated heterocycles. The minimum Gasteiger partial charge on any atom is -0.454 e. The highest BCUT2D eigenvalue weighted by atomic mass is 32.2. The first-order valence-corrected chi connectivity index (χ1v) is 9.14. The van der Waals surface area contributed by atoms with Gasteiger partial charge in [0.2, 0.25) is 16.8 Å². The van der Waals surface area contributed by atoms with Gasteiger partial charge >= 0.3 is 0 Å². The number of hydrogen-bond donors (Lipinski definition) is 1. The number of benzene rings is 1. The van der Waals surface area contributed by atoms with Gasteiger partial charge in [0.1, 0.15) is 0 Å². The molecule has 1 aromatic rings. The first-order valence-electron chi connectivity index (χ1n) is 7.66. The molecule has 0 amide bonds. The number of nitrogens with one attached hydrogen (secondary N) is 1. The zero-order chi connectivity index (χ0) is 15.6. The second-order valence-corrected chi connectivity index (χ2v) is 7.60. The second-order valence-electron chi connectivity index (χ2n) is 5.83. The number of hydrogen-bond acceptors (Lipinski definition) is 5. The van der Waals surface area contributed by atoms with Crippen LogP contribution in [0.15, 0.2) is 23.1 Å². The van der Waals surface area contributed by atoms with Crippen LogP contribution in [0.1, 0.15) is 25.7 Å². The molecule has 0 unspecified atom stereocenters. The largest absolute Gasteiger partial charge is 0.454 e. The van der Waals surface area contributed by atoms with Gasteiger partial charge < -0.3 is 14.4 Å². The number of ether oxygens (including phenoxy) is 2. The van der Waals surface area contributed by atoms with E-state index in [4.69, 9.17) is 9.47 Å². The van der Waals surface area contributed by atoms with Gasteiger partial charge in [-0.25, -0.2) is 13.1 Å². The molecule has 6 nitrogen and oxygen atoms in total. The van der Waals surface area contributed by atoms with Crippen molar-refractivity contribution in [2.75, 3.05) is 26.9 Å². The van der Waals surface area contributed by atoms with Gasteiger partial charge in [-0.1, -0.05) is 12.8 Å². The molecule has 22 heavy (non-hydrogen) atoms. The van der Waals surface area contributed by atoms with E-state index in [0.29, 0.717) is 30.6 Å². The third-order valence-electron chi connectivity index (χ3n) is 4.36. The summed E-state index contributed by atoms with van der Waals surface area (Å²) in [6, 6.07) is 5.26. The SMILES string of the molecule is CN(CCNS(=O)(=O)c1ccc2c(c1)OCO2)C1CCCC1. The highest BCUT2D eigenvalue weighted by Gasteiger charge is 2.22. The molecule has 1 N–H and O–H groups in total. The molecular formula is C15H22N2O4S. The maximum atomic E-state index is 12.3. The Balaban J connectivity index is 1.56. The summed E-state index contributed by atoms with van der Waals surface area (Å²) >= 11 is 0. The van der Waals surface area contributed by atoms with E-state index in [1.54, 1.807) is 6.07 Å². The first-order chi connectivity index (χ1) is 10.6. The molecule has 2 aliphatic rings. The zero-order valence-electron chi connectivity index (χ0n) is 12.7. The highest BCUT2D eigenvalue weighted by molar-refractivity contribution is 7.89. The third kappa shape index (κ3) is 3.37. The Hall–Kier alpha value is -1.31. The normalized spacial score (nSPS) is 18.3.